The molecule has 222 valence electrons. The number of allylic oxidation sites excluding steroid dienone is 2. The molecule has 0 aliphatic carbocycles. The Morgan fingerprint density at radius 3 is 1.84 bits per heavy atom. The molecule has 0 aliphatic heterocycles. The predicted octanol–water partition coefficient (Wildman–Crippen LogP) is 6.68. The van der Waals surface area contributed by atoms with Crippen LogP contribution in [0.1, 0.15) is 92.4 Å². The third-order valence-corrected chi connectivity index (χ3v) is 5.75. The van der Waals surface area contributed by atoms with Crippen LogP contribution < -0.4 is 0 Å². The minimum absolute atomic E-state index is 0.129. The maximum absolute atomic E-state index is 12.3. The number of esters is 1. The molecule has 1 atom stereocenters. The summed E-state index contributed by atoms with van der Waals surface area (Å²) >= 11 is 0. The average molecular weight is 542 g/mol. The van der Waals surface area contributed by atoms with Crippen LogP contribution in [0.5, 0.6) is 0 Å². The molecule has 38 heavy (non-hydrogen) atoms. The van der Waals surface area contributed by atoms with Gasteiger partial charge in [-0.15, -0.1) is 0 Å². The Hall–Kier alpha value is -1.90. The Morgan fingerprint density at radius 1 is 0.737 bits per heavy atom. The van der Waals surface area contributed by atoms with Crippen LogP contribution in [-0.4, -0.2) is 76.0 Å². The number of hydrogen-bond donors (Lipinski definition) is 0. The average Bonchev–Trinajstić information content (AvgIpc) is 2.92. The zero-order valence-electron chi connectivity index (χ0n) is 24.8. The molecular weight excluding hydrogens is 486 g/mol. The van der Waals surface area contributed by atoms with E-state index in [2.05, 4.69) is 56.9 Å². The van der Waals surface area contributed by atoms with Gasteiger partial charge in [-0.2, -0.15) is 0 Å². The van der Waals surface area contributed by atoms with Crippen molar-refractivity contribution in [3.05, 3.63) is 24.3 Å². The molecule has 0 aromatic rings. The van der Waals surface area contributed by atoms with Crippen molar-refractivity contribution in [1.29, 1.82) is 0 Å². The second kappa shape index (κ2) is 26.7. The topological polar surface area (TPSA) is 83.5 Å². The number of carbonyl (C=O) groups excluding carboxylic acids is 2. The number of unbranched alkanes of at least 4 members (excludes halogenated alkanes) is 2. The number of carbonyl (C=O) groups is 2. The van der Waals surface area contributed by atoms with Crippen LogP contribution in [0.3, 0.4) is 0 Å². The fraction of sp³-hybridized carbons (Fsp3) is 0.800. The molecule has 0 aromatic heterocycles. The monoisotopic (exact) mass is 541 g/mol. The fourth-order valence-corrected chi connectivity index (χ4v) is 3.38. The summed E-state index contributed by atoms with van der Waals surface area (Å²) in [5.74, 6) is -0.450. The second-order valence-electron chi connectivity index (χ2n) is 9.39. The van der Waals surface area contributed by atoms with Gasteiger partial charge < -0.3 is 28.6 Å². The molecule has 0 aromatic carbocycles. The van der Waals surface area contributed by atoms with E-state index in [0.717, 1.165) is 64.6 Å². The van der Waals surface area contributed by atoms with Crippen molar-refractivity contribution in [2.75, 3.05) is 52.7 Å². The summed E-state index contributed by atoms with van der Waals surface area (Å²) < 4.78 is 27.4. The molecular formula is C30H55NO7. The standard InChI is InChI=1S/C30H55NO7/c1-6-10-12-14-16-22-34-29(35-23-17-15-13-11-7-2)20-19-28(32)37-25-27(5)26-38-30(33)36-24-18-21-31(8-3)9-4/h12-15,27,29H,6-11,16-26H2,1-5H3/b14-12-,15-13-. The van der Waals surface area contributed by atoms with Gasteiger partial charge in [-0.25, -0.2) is 4.79 Å². The molecule has 0 spiro atoms. The van der Waals surface area contributed by atoms with E-state index in [-0.39, 0.29) is 31.5 Å². The van der Waals surface area contributed by atoms with Gasteiger partial charge >= 0.3 is 12.1 Å². The normalized spacial score (nSPS) is 12.6. The second-order valence-corrected chi connectivity index (χ2v) is 9.39. The molecule has 0 N–H and O–H groups in total. The highest BCUT2D eigenvalue weighted by molar-refractivity contribution is 5.69. The Kier molecular flexibility index (Phi) is 25.4. The molecule has 0 heterocycles. The molecule has 0 aliphatic rings. The molecule has 0 fully saturated rings. The Labute approximate surface area is 232 Å². The minimum Gasteiger partial charge on any atom is -0.465 e. The van der Waals surface area contributed by atoms with Gasteiger partial charge in [-0.3, -0.25) is 4.79 Å². The number of hydrogen-bond acceptors (Lipinski definition) is 8. The SMILES string of the molecule is CCC/C=C\CCOC(CCC(=O)OCC(C)COC(=O)OCCCN(CC)CC)OCC/C=C\CCC. The molecule has 0 bridgehead atoms. The Balaban J connectivity index is 4.21. The summed E-state index contributed by atoms with van der Waals surface area (Å²) in [6, 6.07) is 0. The lowest BCUT2D eigenvalue weighted by Gasteiger charge is -2.18. The van der Waals surface area contributed by atoms with Crippen molar-refractivity contribution in [2.24, 2.45) is 5.92 Å². The maximum atomic E-state index is 12.3. The quantitative estimate of drug-likeness (QED) is 0.0547. The van der Waals surface area contributed by atoms with E-state index in [9.17, 15) is 9.59 Å². The number of nitrogens with zero attached hydrogens (tertiary/aromatic N) is 1. The molecule has 0 saturated heterocycles. The van der Waals surface area contributed by atoms with Gasteiger partial charge in [0.15, 0.2) is 6.29 Å². The van der Waals surface area contributed by atoms with Crippen molar-refractivity contribution >= 4 is 12.1 Å². The number of rotatable bonds is 25. The van der Waals surface area contributed by atoms with E-state index in [1.54, 1.807) is 0 Å². The maximum Gasteiger partial charge on any atom is 0.508 e. The lowest BCUT2D eigenvalue weighted by atomic mass is 10.2. The van der Waals surface area contributed by atoms with Crippen LogP contribution in [0.2, 0.25) is 0 Å². The van der Waals surface area contributed by atoms with Gasteiger partial charge in [-0.05, 0) is 45.2 Å². The van der Waals surface area contributed by atoms with Crippen molar-refractivity contribution in [3.8, 4) is 0 Å². The highest BCUT2D eigenvalue weighted by Gasteiger charge is 2.15. The molecule has 0 saturated carbocycles. The van der Waals surface area contributed by atoms with Gasteiger partial charge in [0, 0.05) is 18.9 Å². The first-order chi connectivity index (χ1) is 18.5. The van der Waals surface area contributed by atoms with Crippen LogP contribution in [0.25, 0.3) is 0 Å². The van der Waals surface area contributed by atoms with Crippen LogP contribution >= 0.6 is 0 Å². The lowest BCUT2D eigenvalue weighted by molar-refractivity contribution is -0.158. The molecule has 8 heteroatoms. The van der Waals surface area contributed by atoms with Gasteiger partial charge in [0.2, 0.25) is 0 Å². The van der Waals surface area contributed by atoms with Gasteiger partial charge in [0.1, 0.15) is 6.61 Å². The summed E-state index contributed by atoms with van der Waals surface area (Å²) in [7, 11) is 0. The largest absolute Gasteiger partial charge is 0.508 e. The smallest absolute Gasteiger partial charge is 0.465 e. The van der Waals surface area contributed by atoms with Crippen LogP contribution in [-0.2, 0) is 28.5 Å². The van der Waals surface area contributed by atoms with E-state index in [1.807, 2.05) is 6.92 Å². The Morgan fingerprint density at radius 2 is 1.29 bits per heavy atom. The van der Waals surface area contributed by atoms with E-state index in [0.29, 0.717) is 26.2 Å². The summed E-state index contributed by atoms with van der Waals surface area (Å²) in [5, 5.41) is 0. The van der Waals surface area contributed by atoms with Crippen molar-refractivity contribution in [3.63, 3.8) is 0 Å². The highest BCUT2D eigenvalue weighted by atomic mass is 16.7. The van der Waals surface area contributed by atoms with Crippen molar-refractivity contribution in [2.45, 2.75) is 98.7 Å². The number of ether oxygens (including phenoxy) is 5. The minimum atomic E-state index is -0.686. The van der Waals surface area contributed by atoms with Gasteiger partial charge in [0.05, 0.1) is 32.8 Å². The lowest BCUT2D eigenvalue weighted by Crippen LogP contribution is -2.25. The molecule has 0 amide bonds. The third kappa shape index (κ3) is 23.2. The molecule has 0 rings (SSSR count). The van der Waals surface area contributed by atoms with E-state index >= 15 is 0 Å². The zero-order valence-corrected chi connectivity index (χ0v) is 24.8. The van der Waals surface area contributed by atoms with E-state index < -0.39 is 12.4 Å². The third-order valence-electron chi connectivity index (χ3n) is 5.75. The Bertz CT molecular complexity index is 598. The summed E-state index contributed by atoms with van der Waals surface area (Å²) in [6.07, 6.45) is 14.8. The fourth-order valence-electron chi connectivity index (χ4n) is 3.38. The first-order valence-corrected chi connectivity index (χ1v) is 14.7. The molecule has 1 unspecified atom stereocenters. The van der Waals surface area contributed by atoms with Crippen LogP contribution in [0.4, 0.5) is 4.79 Å². The van der Waals surface area contributed by atoms with Gasteiger partial charge in [-0.1, -0.05) is 71.8 Å². The summed E-state index contributed by atoms with van der Waals surface area (Å²) in [6.45, 7) is 14.9. The molecule has 8 nitrogen and oxygen atoms in total. The van der Waals surface area contributed by atoms with Gasteiger partial charge in [0.25, 0.3) is 0 Å². The van der Waals surface area contributed by atoms with E-state index in [4.69, 9.17) is 23.7 Å². The zero-order chi connectivity index (χ0) is 28.3. The first-order valence-electron chi connectivity index (χ1n) is 14.7. The van der Waals surface area contributed by atoms with E-state index in [1.165, 1.54) is 0 Å². The van der Waals surface area contributed by atoms with Crippen molar-refractivity contribution < 1.29 is 33.3 Å². The van der Waals surface area contributed by atoms with Crippen LogP contribution in [0, 0.1) is 5.92 Å². The summed E-state index contributed by atoms with van der Waals surface area (Å²) in [5.41, 5.74) is 0. The predicted molar refractivity (Wildman–Crippen MR) is 152 cm³/mol. The van der Waals surface area contributed by atoms with Crippen LogP contribution in [0.15, 0.2) is 24.3 Å². The first kappa shape index (κ1) is 36.1. The molecule has 0 radical (unpaired) electrons. The van der Waals surface area contributed by atoms with Crippen molar-refractivity contribution in [1.82, 2.24) is 4.90 Å². The summed E-state index contributed by atoms with van der Waals surface area (Å²) in [4.78, 5) is 26.3. The highest BCUT2D eigenvalue weighted by Crippen LogP contribution is 2.09.